The summed E-state index contributed by atoms with van der Waals surface area (Å²) in [6.45, 7) is 3.12. The van der Waals surface area contributed by atoms with Crippen LogP contribution in [-0.2, 0) is 11.3 Å². The van der Waals surface area contributed by atoms with Gasteiger partial charge in [0.05, 0.1) is 19.2 Å². The minimum atomic E-state index is 0.338. The van der Waals surface area contributed by atoms with Gasteiger partial charge >= 0.3 is 0 Å². The standard InChI is InChI=1S/C14H20N6O/c1-3-12(11-21-10-1)18-13-4-6-15-14(19-13)16-7-9-20-8-2-5-17-20/h2,4-6,8,12H,1,3,7,9-11H2,(H2,15,16,18,19). The second kappa shape index (κ2) is 7.03. The molecular formula is C14H20N6O. The average molecular weight is 288 g/mol. The van der Waals surface area contributed by atoms with Crippen molar-refractivity contribution in [2.75, 3.05) is 30.4 Å². The van der Waals surface area contributed by atoms with E-state index in [1.165, 1.54) is 0 Å². The van der Waals surface area contributed by atoms with Gasteiger partial charge in [-0.25, -0.2) is 4.98 Å². The van der Waals surface area contributed by atoms with E-state index in [-0.39, 0.29) is 0 Å². The Kier molecular flexibility index (Phi) is 4.62. The molecular weight excluding hydrogens is 268 g/mol. The maximum Gasteiger partial charge on any atom is 0.224 e. The summed E-state index contributed by atoms with van der Waals surface area (Å²) >= 11 is 0. The lowest BCUT2D eigenvalue weighted by atomic mass is 10.1. The van der Waals surface area contributed by atoms with E-state index in [0.29, 0.717) is 12.0 Å². The zero-order valence-electron chi connectivity index (χ0n) is 11.9. The first-order chi connectivity index (χ1) is 10.4. The summed E-state index contributed by atoms with van der Waals surface area (Å²) < 4.78 is 7.33. The van der Waals surface area contributed by atoms with Gasteiger partial charge in [-0.15, -0.1) is 0 Å². The minimum Gasteiger partial charge on any atom is -0.379 e. The fourth-order valence-corrected chi connectivity index (χ4v) is 2.30. The molecule has 112 valence electrons. The smallest absolute Gasteiger partial charge is 0.224 e. The van der Waals surface area contributed by atoms with Crippen LogP contribution in [0.15, 0.2) is 30.7 Å². The van der Waals surface area contributed by atoms with Crippen molar-refractivity contribution in [3.63, 3.8) is 0 Å². The van der Waals surface area contributed by atoms with Crippen molar-refractivity contribution >= 4 is 11.8 Å². The van der Waals surface area contributed by atoms with Crippen LogP contribution in [0.5, 0.6) is 0 Å². The number of nitrogens with one attached hydrogen (secondary N) is 2. The van der Waals surface area contributed by atoms with E-state index < -0.39 is 0 Å². The van der Waals surface area contributed by atoms with E-state index in [4.69, 9.17) is 4.74 Å². The molecule has 7 nitrogen and oxygen atoms in total. The Morgan fingerprint density at radius 1 is 1.38 bits per heavy atom. The van der Waals surface area contributed by atoms with Crippen LogP contribution in [0.2, 0.25) is 0 Å². The van der Waals surface area contributed by atoms with E-state index in [2.05, 4.69) is 25.7 Å². The largest absolute Gasteiger partial charge is 0.379 e. The SMILES string of the molecule is c1cnn(CCNc2nccc(NC3CCCOC3)n2)c1. The van der Waals surface area contributed by atoms with Crippen molar-refractivity contribution in [1.82, 2.24) is 19.7 Å². The summed E-state index contributed by atoms with van der Waals surface area (Å²) in [5, 5.41) is 10.7. The summed E-state index contributed by atoms with van der Waals surface area (Å²) in [7, 11) is 0. The van der Waals surface area contributed by atoms with Crippen LogP contribution in [0.25, 0.3) is 0 Å². The Bertz CT molecular complexity index is 538. The second-order valence-electron chi connectivity index (χ2n) is 5.02. The van der Waals surface area contributed by atoms with Gasteiger partial charge in [-0.05, 0) is 25.0 Å². The molecule has 21 heavy (non-hydrogen) atoms. The van der Waals surface area contributed by atoms with Gasteiger partial charge in [0.1, 0.15) is 5.82 Å². The number of hydrogen-bond acceptors (Lipinski definition) is 6. The quantitative estimate of drug-likeness (QED) is 0.836. The maximum atomic E-state index is 5.46. The molecule has 1 fully saturated rings. The number of ether oxygens (including phenoxy) is 1. The fourth-order valence-electron chi connectivity index (χ4n) is 2.30. The molecule has 0 bridgehead atoms. The molecule has 2 aromatic rings. The number of rotatable bonds is 6. The van der Waals surface area contributed by atoms with Crippen molar-refractivity contribution in [1.29, 1.82) is 0 Å². The van der Waals surface area contributed by atoms with Crippen LogP contribution in [0, 0.1) is 0 Å². The van der Waals surface area contributed by atoms with Crippen LogP contribution in [0.4, 0.5) is 11.8 Å². The highest BCUT2D eigenvalue weighted by Crippen LogP contribution is 2.13. The van der Waals surface area contributed by atoms with Crippen molar-refractivity contribution in [3.8, 4) is 0 Å². The molecule has 1 atom stereocenters. The summed E-state index contributed by atoms with van der Waals surface area (Å²) in [5.74, 6) is 1.46. The third kappa shape index (κ3) is 4.16. The lowest BCUT2D eigenvalue weighted by molar-refractivity contribution is 0.0875. The predicted octanol–water partition coefficient (Wildman–Crippen LogP) is 1.38. The van der Waals surface area contributed by atoms with Crippen LogP contribution >= 0.6 is 0 Å². The molecule has 1 aliphatic heterocycles. The van der Waals surface area contributed by atoms with Gasteiger partial charge in [0.25, 0.3) is 0 Å². The first-order valence-electron chi connectivity index (χ1n) is 7.29. The zero-order chi connectivity index (χ0) is 14.3. The Morgan fingerprint density at radius 3 is 3.19 bits per heavy atom. The van der Waals surface area contributed by atoms with Gasteiger partial charge in [0, 0.05) is 31.7 Å². The van der Waals surface area contributed by atoms with Crippen molar-refractivity contribution in [3.05, 3.63) is 30.7 Å². The monoisotopic (exact) mass is 288 g/mol. The molecule has 3 rings (SSSR count). The maximum absolute atomic E-state index is 5.46. The van der Waals surface area contributed by atoms with E-state index in [1.807, 2.05) is 23.0 Å². The molecule has 0 aromatic carbocycles. The van der Waals surface area contributed by atoms with E-state index in [1.54, 1.807) is 12.4 Å². The predicted molar refractivity (Wildman–Crippen MR) is 80.2 cm³/mol. The molecule has 0 spiro atoms. The highest BCUT2D eigenvalue weighted by molar-refractivity contribution is 5.40. The van der Waals surface area contributed by atoms with E-state index in [0.717, 1.165) is 45.0 Å². The third-order valence-electron chi connectivity index (χ3n) is 3.35. The molecule has 1 unspecified atom stereocenters. The third-order valence-corrected chi connectivity index (χ3v) is 3.35. The lowest BCUT2D eigenvalue weighted by Crippen LogP contribution is -2.30. The molecule has 0 amide bonds. The summed E-state index contributed by atoms with van der Waals surface area (Å²) in [5.41, 5.74) is 0. The number of anilines is 2. The first kappa shape index (κ1) is 13.8. The summed E-state index contributed by atoms with van der Waals surface area (Å²) in [6, 6.07) is 4.13. The van der Waals surface area contributed by atoms with Crippen molar-refractivity contribution in [2.24, 2.45) is 0 Å². The molecule has 2 N–H and O–H groups in total. The molecule has 0 aliphatic carbocycles. The number of hydrogen-bond donors (Lipinski definition) is 2. The topological polar surface area (TPSA) is 76.9 Å². The molecule has 1 aliphatic rings. The second-order valence-corrected chi connectivity index (χ2v) is 5.02. The molecule has 3 heterocycles. The van der Waals surface area contributed by atoms with Crippen LogP contribution in [0.3, 0.4) is 0 Å². The fraction of sp³-hybridized carbons (Fsp3) is 0.500. The van der Waals surface area contributed by atoms with Crippen LogP contribution in [-0.4, -0.2) is 45.5 Å². The first-order valence-corrected chi connectivity index (χ1v) is 7.29. The Balaban J connectivity index is 1.50. The summed E-state index contributed by atoms with van der Waals surface area (Å²) in [6.07, 6.45) is 7.68. The Morgan fingerprint density at radius 2 is 2.38 bits per heavy atom. The van der Waals surface area contributed by atoms with Gasteiger partial charge in [0.15, 0.2) is 0 Å². The normalized spacial score (nSPS) is 18.4. The van der Waals surface area contributed by atoms with E-state index in [9.17, 15) is 0 Å². The molecule has 2 aromatic heterocycles. The van der Waals surface area contributed by atoms with Crippen LogP contribution < -0.4 is 10.6 Å². The van der Waals surface area contributed by atoms with Crippen LogP contribution in [0.1, 0.15) is 12.8 Å². The van der Waals surface area contributed by atoms with Crippen molar-refractivity contribution < 1.29 is 4.74 Å². The number of nitrogens with zero attached hydrogens (tertiary/aromatic N) is 4. The van der Waals surface area contributed by atoms with Crippen molar-refractivity contribution in [2.45, 2.75) is 25.4 Å². The molecule has 1 saturated heterocycles. The highest BCUT2D eigenvalue weighted by Gasteiger charge is 2.14. The molecule has 0 saturated carbocycles. The molecule has 7 heteroatoms. The highest BCUT2D eigenvalue weighted by atomic mass is 16.5. The van der Waals surface area contributed by atoms with E-state index >= 15 is 0 Å². The zero-order valence-corrected chi connectivity index (χ0v) is 11.9. The van der Waals surface area contributed by atoms with Gasteiger partial charge in [0.2, 0.25) is 5.95 Å². The summed E-state index contributed by atoms with van der Waals surface area (Å²) in [4.78, 5) is 8.70. The Hall–Kier alpha value is -2.15. The average Bonchev–Trinajstić information content (AvgIpc) is 3.02. The van der Waals surface area contributed by atoms with Gasteiger partial charge < -0.3 is 15.4 Å². The number of aromatic nitrogens is 4. The van der Waals surface area contributed by atoms with Gasteiger partial charge in [-0.1, -0.05) is 0 Å². The molecule has 0 radical (unpaired) electrons. The Labute approximate surface area is 123 Å². The van der Waals surface area contributed by atoms with Gasteiger partial charge in [-0.2, -0.15) is 10.1 Å². The minimum absolute atomic E-state index is 0.338. The lowest BCUT2D eigenvalue weighted by Gasteiger charge is -2.23. The van der Waals surface area contributed by atoms with Gasteiger partial charge in [-0.3, -0.25) is 4.68 Å².